The molecule has 1 aromatic carbocycles. The quantitative estimate of drug-likeness (QED) is 0.679. The molecule has 8 heteroatoms. The second kappa shape index (κ2) is 9.45. The van der Waals surface area contributed by atoms with Crippen molar-refractivity contribution in [2.75, 3.05) is 18.4 Å². The first-order valence-electron chi connectivity index (χ1n) is 9.90. The molecule has 3 N–H and O–H groups in total. The number of carbonyl (C=O) groups is 2. The fraction of sp³-hybridized carbons (Fsp3) is 0.500. The molecule has 2 amide bonds. The molecule has 0 spiro atoms. The third-order valence-electron chi connectivity index (χ3n) is 4.96. The molecule has 0 bridgehead atoms. The molecule has 1 unspecified atom stereocenters. The maximum Gasteiger partial charge on any atom is 0.277 e. The SMILES string of the molecule is CCNC(=O)c1ccc(NC(=O)c2cn(CCC3CCCCN3)nn2)c(C)c1. The topological polar surface area (TPSA) is 101 Å². The maximum absolute atomic E-state index is 12.5. The van der Waals surface area contributed by atoms with Gasteiger partial charge in [0.05, 0.1) is 6.20 Å². The molecule has 2 heterocycles. The van der Waals surface area contributed by atoms with Crippen molar-refractivity contribution in [3.8, 4) is 0 Å². The summed E-state index contributed by atoms with van der Waals surface area (Å²) in [5, 5.41) is 17.2. The molecule has 0 saturated carbocycles. The Morgan fingerprint density at radius 2 is 2.14 bits per heavy atom. The largest absolute Gasteiger partial charge is 0.352 e. The van der Waals surface area contributed by atoms with Crippen LogP contribution in [0.5, 0.6) is 0 Å². The van der Waals surface area contributed by atoms with Crippen LogP contribution in [0, 0.1) is 6.92 Å². The first-order chi connectivity index (χ1) is 13.6. The van der Waals surface area contributed by atoms with Crippen molar-refractivity contribution in [3.05, 3.63) is 41.2 Å². The van der Waals surface area contributed by atoms with Crippen LogP contribution < -0.4 is 16.0 Å². The molecular formula is C20H28N6O2. The standard InChI is InChI=1S/C20H28N6O2/c1-3-21-19(27)15-7-8-17(14(2)12-15)23-20(28)18-13-26(25-24-18)11-9-16-6-4-5-10-22-16/h7-8,12-13,16,22H,3-6,9-11H2,1-2H3,(H,21,27)(H,23,28). The molecule has 1 saturated heterocycles. The van der Waals surface area contributed by atoms with E-state index < -0.39 is 0 Å². The van der Waals surface area contributed by atoms with Gasteiger partial charge in [0.1, 0.15) is 0 Å². The minimum atomic E-state index is -0.309. The van der Waals surface area contributed by atoms with E-state index in [0.29, 0.717) is 23.8 Å². The van der Waals surface area contributed by atoms with Gasteiger partial charge in [0.2, 0.25) is 0 Å². The summed E-state index contributed by atoms with van der Waals surface area (Å²) in [5.41, 5.74) is 2.32. The van der Waals surface area contributed by atoms with Crippen molar-refractivity contribution in [3.63, 3.8) is 0 Å². The van der Waals surface area contributed by atoms with Crippen molar-refractivity contribution in [2.45, 2.75) is 52.1 Å². The van der Waals surface area contributed by atoms with Crippen LogP contribution in [0.4, 0.5) is 5.69 Å². The van der Waals surface area contributed by atoms with Crippen LogP contribution in [-0.2, 0) is 6.54 Å². The number of hydrogen-bond donors (Lipinski definition) is 3. The molecular weight excluding hydrogens is 356 g/mol. The molecule has 1 aliphatic rings. The van der Waals surface area contributed by atoms with Crippen LogP contribution in [0.25, 0.3) is 0 Å². The summed E-state index contributed by atoms with van der Waals surface area (Å²) in [6, 6.07) is 5.70. The fourth-order valence-corrected chi connectivity index (χ4v) is 3.36. The molecule has 150 valence electrons. The van der Waals surface area contributed by atoms with Crippen LogP contribution in [0.1, 0.15) is 59.0 Å². The van der Waals surface area contributed by atoms with Gasteiger partial charge in [-0.15, -0.1) is 5.10 Å². The summed E-state index contributed by atoms with van der Waals surface area (Å²) >= 11 is 0. The van der Waals surface area contributed by atoms with Gasteiger partial charge < -0.3 is 16.0 Å². The highest BCUT2D eigenvalue weighted by Gasteiger charge is 2.15. The Bertz CT molecular complexity index is 826. The van der Waals surface area contributed by atoms with Gasteiger partial charge in [0.25, 0.3) is 11.8 Å². The fourth-order valence-electron chi connectivity index (χ4n) is 3.36. The highest BCUT2D eigenvalue weighted by molar-refractivity contribution is 6.03. The Labute approximate surface area is 165 Å². The third-order valence-corrected chi connectivity index (χ3v) is 4.96. The first-order valence-corrected chi connectivity index (χ1v) is 9.90. The Hall–Kier alpha value is -2.74. The molecule has 8 nitrogen and oxygen atoms in total. The summed E-state index contributed by atoms with van der Waals surface area (Å²) in [6.07, 6.45) is 6.35. The molecule has 0 aliphatic carbocycles. The lowest BCUT2D eigenvalue weighted by atomic mass is 10.0. The van der Waals surface area contributed by atoms with E-state index in [2.05, 4.69) is 26.3 Å². The van der Waals surface area contributed by atoms with Crippen molar-refractivity contribution >= 4 is 17.5 Å². The van der Waals surface area contributed by atoms with Gasteiger partial charge in [-0.1, -0.05) is 11.6 Å². The summed E-state index contributed by atoms with van der Waals surface area (Å²) < 4.78 is 1.72. The summed E-state index contributed by atoms with van der Waals surface area (Å²) in [5.74, 6) is -0.435. The lowest BCUT2D eigenvalue weighted by Gasteiger charge is -2.23. The highest BCUT2D eigenvalue weighted by Crippen LogP contribution is 2.17. The zero-order valence-electron chi connectivity index (χ0n) is 16.5. The number of benzene rings is 1. The van der Waals surface area contributed by atoms with Gasteiger partial charge in [-0.2, -0.15) is 0 Å². The van der Waals surface area contributed by atoms with E-state index in [-0.39, 0.29) is 17.5 Å². The molecule has 2 aromatic rings. The van der Waals surface area contributed by atoms with Crippen LogP contribution in [0.2, 0.25) is 0 Å². The normalized spacial score (nSPS) is 16.6. The Morgan fingerprint density at radius 3 is 2.86 bits per heavy atom. The van der Waals surface area contributed by atoms with Gasteiger partial charge in [-0.25, -0.2) is 0 Å². The predicted octanol–water partition coefficient (Wildman–Crippen LogP) is 2.12. The second-order valence-corrected chi connectivity index (χ2v) is 7.15. The van der Waals surface area contributed by atoms with Gasteiger partial charge in [0.15, 0.2) is 5.69 Å². The van der Waals surface area contributed by atoms with Gasteiger partial charge in [0, 0.05) is 30.4 Å². The number of amides is 2. The van der Waals surface area contributed by atoms with E-state index in [0.717, 1.165) is 25.1 Å². The molecule has 1 aromatic heterocycles. The number of nitrogens with one attached hydrogen (secondary N) is 3. The maximum atomic E-state index is 12.5. The summed E-state index contributed by atoms with van der Waals surface area (Å²) in [7, 11) is 0. The number of anilines is 1. The number of rotatable bonds is 7. The molecule has 28 heavy (non-hydrogen) atoms. The number of carbonyl (C=O) groups excluding carboxylic acids is 2. The number of nitrogens with zero attached hydrogens (tertiary/aromatic N) is 3. The number of aromatic nitrogens is 3. The Balaban J connectivity index is 1.57. The average molecular weight is 384 g/mol. The molecule has 3 rings (SSSR count). The minimum absolute atomic E-state index is 0.126. The lowest BCUT2D eigenvalue weighted by molar-refractivity contribution is 0.0955. The predicted molar refractivity (Wildman–Crippen MR) is 107 cm³/mol. The molecule has 0 radical (unpaired) electrons. The van der Waals surface area contributed by atoms with E-state index in [4.69, 9.17) is 0 Å². The van der Waals surface area contributed by atoms with Crippen LogP contribution in [-0.4, -0.2) is 45.9 Å². The van der Waals surface area contributed by atoms with Gasteiger partial charge >= 0.3 is 0 Å². The average Bonchev–Trinajstić information content (AvgIpc) is 3.18. The van der Waals surface area contributed by atoms with E-state index in [9.17, 15) is 9.59 Å². The summed E-state index contributed by atoms with van der Waals surface area (Å²) in [6.45, 7) is 6.11. The Kier molecular flexibility index (Phi) is 6.76. The minimum Gasteiger partial charge on any atom is -0.352 e. The Morgan fingerprint density at radius 1 is 1.29 bits per heavy atom. The van der Waals surface area contributed by atoms with Gasteiger partial charge in [-0.3, -0.25) is 14.3 Å². The third kappa shape index (κ3) is 5.16. The molecule has 1 fully saturated rings. The van der Waals surface area contributed by atoms with Crippen molar-refractivity contribution < 1.29 is 9.59 Å². The van der Waals surface area contributed by atoms with Crippen molar-refractivity contribution in [1.29, 1.82) is 0 Å². The number of hydrogen-bond acceptors (Lipinski definition) is 5. The number of piperidine rings is 1. The number of aryl methyl sites for hydroxylation is 2. The van der Waals surface area contributed by atoms with E-state index in [1.165, 1.54) is 19.3 Å². The zero-order chi connectivity index (χ0) is 19.9. The van der Waals surface area contributed by atoms with E-state index in [1.807, 2.05) is 13.8 Å². The highest BCUT2D eigenvalue weighted by atomic mass is 16.2. The zero-order valence-corrected chi connectivity index (χ0v) is 16.5. The van der Waals surface area contributed by atoms with E-state index >= 15 is 0 Å². The lowest BCUT2D eigenvalue weighted by Crippen LogP contribution is -2.34. The van der Waals surface area contributed by atoms with Crippen molar-refractivity contribution in [1.82, 2.24) is 25.6 Å². The smallest absolute Gasteiger partial charge is 0.277 e. The van der Waals surface area contributed by atoms with Gasteiger partial charge in [-0.05, 0) is 63.4 Å². The molecule has 1 atom stereocenters. The monoisotopic (exact) mass is 384 g/mol. The van der Waals surface area contributed by atoms with Crippen LogP contribution in [0.15, 0.2) is 24.4 Å². The first kappa shape index (κ1) is 20.0. The van der Waals surface area contributed by atoms with Crippen LogP contribution >= 0.6 is 0 Å². The van der Waals surface area contributed by atoms with Crippen LogP contribution in [0.3, 0.4) is 0 Å². The van der Waals surface area contributed by atoms with Crippen molar-refractivity contribution in [2.24, 2.45) is 0 Å². The molecule has 1 aliphatic heterocycles. The second-order valence-electron chi connectivity index (χ2n) is 7.15. The summed E-state index contributed by atoms with van der Waals surface area (Å²) in [4.78, 5) is 24.4. The van der Waals surface area contributed by atoms with E-state index in [1.54, 1.807) is 29.1 Å².